The molecule has 0 spiro atoms. The predicted molar refractivity (Wildman–Crippen MR) is 109 cm³/mol. The molecule has 2 fully saturated rings. The minimum atomic E-state index is -1.99. The largest absolute Gasteiger partial charge is 0.394 e. The van der Waals surface area contributed by atoms with E-state index in [1.165, 1.54) is 5.57 Å². The molecule has 9 atom stereocenters. The van der Waals surface area contributed by atoms with E-state index in [1.54, 1.807) is 6.08 Å². The Hall–Kier alpha value is -0.920. The van der Waals surface area contributed by atoms with Crippen molar-refractivity contribution in [1.82, 2.24) is 0 Å². The van der Waals surface area contributed by atoms with Gasteiger partial charge in [0.25, 0.3) is 0 Å². The molecule has 7 N–H and O–H groups in total. The van der Waals surface area contributed by atoms with Gasteiger partial charge < -0.3 is 50.0 Å². The third-order valence-corrected chi connectivity index (χ3v) is 5.68. The van der Waals surface area contributed by atoms with Crippen LogP contribution in [-0.4, -0.2) is 104 Å². The van der Waals surface area contributed by atoms with Crippen LogP contribution in [0.1, 0.15) is 40.0 Å². The average Bonchev–Trinajstić information content (AvgIpc) is 3.00. The molecule has 180 valence electrons. The lowest BCUT2D eigenvalue weighted by atomic mass is 9.89. The third kappa shape index (κ3) is 6.11. The molecule has 0 aromatic rings. The molecule has 2 saturated heterocycles. The van der Waals surface area contributed by atoms with Crippen molar-refractivity contribution in [2.45, 2.75) is 94.8 Å². The monoisotopic (exact) mass is 448 g/mol. The maximum absolute atomic E-state index is 10.7. The van der Waals surface area contributed by atoms with Crippen LogP contribution in [-0.2, 0) is 14.2 Å². The highest BCUT2D eigenvalue weighted by atomic mass is 16.8. The number of hydrogen-bond acceptors (Lipinski definition) is 10. The highest BCUT2D eigenvalue weighted by molar-refractivity contribution is 5.07. The van der Waals surface area contributed by atoms with Crippen molar-refractivity contribution in [2.75, 3.05) is 13.2 Å². The summed E-state index contributed by atoms with van der Waals surface area (Å²) in [5, 5.41) is 70.3. The Labute approximate surface area is 182 Å². The minimum Gasteiger partial charge on any atom is -0.394 e. The van der Waals surface area contributed by atoms with Gasteiger partial charge in [-0.05, 0) is 33.6 Å². The van der Waals surface area contributed by atoms with Crippen LogP contribution in [0, 0.1) is 0 Å². The van der Waals surface area contributed by atoms with Gasteiger partial charge >= 0.3 is 0 Å². The smallest absolute Gasteiger partial charge is 0.204 e. The van der Waals surface area contributed by atoms with Crippen molar-refractivity contribution in [3.8, 4) is 0 Å². The summed E-state index contributed by atoms with van der Waals surface area (Å²) < 4.78 is 16.8. The maximum atomic E-state index is 10.7. The number of aliphatic hydroxyl groups excluding tert-OH is 7. The van der Waals surface area contributed by atoms with Crippen LogP contribution in [0.4, 0.5) is 0 Å². The van der Waals surface area contributed by atoms with Crippen LogP contribution in [0.25, 0.3) is 0 Å². The fourth-order valence-electron chi connectivity index (χ4n) is 3.69. The van der Waals surface area contributed by atoms with E-state index in [4.69, 9.17) is 14.2 Å². The first-order valence-corrected chi connectivity index (χ1v) is 10.5. The molecule has 0 radical (unpaired) electrons. The van der Waals surface area contributed by atoms with Gasteiger partial charge in [0.15, 0.2) is 6.29 Å². The lowest BCUT2D eigenvalue weighted by Crippen LogP contribution is -2.67. The van der Waals surface area contributed by atoms with Gasteiger partial charge in [-0.25, -0.2) is 0 Å². The Morgan fingerprint density at radius 3 is 2.03 bits per heavy atom. The molecule has 10 nitrogen and oxygen atoms in total. The summed E-state index contributed by atoms with van der Waals surface area (Å²) in [6.07, 6.45) is -6.62. The summed E-state index contributed by atoms with van der Waals surface area (Å²) in [6.45, 7) is 4.64. The van der Waals surface area contributed by atoms with Crippen LogP contribution >= 0.6 is 0 Å². The summed E-state index contributed by atoms with van der Waals surface area (Å²) in [4.78, 5) is 0. The highest BCUT2D eigenvalue weighted by Crippen LogP contribution is 2.38. The molecule has 31 heavy (non-hydrogen) atoms. The van der Waals surface area contributed by atoms with Gasteiger partial charge in [0.05, 0.1) is 13.2 Å². The first-order valence-electron chi connectivity index (χ1n) is 10.5. The van der Waals surface area contributed by atoms with Crippen molar-refractivity contribution >= 4 is 0 Å². The summed E-state index contributed by atoms with van der Waals surface area (Å²) in [6, 6.07) is 0. The zero-order valence-corrected chi connectivity index (χ0v) is 18.2. The zero-order valence-electron chi connectivity index (χ0n) is 18.2. The van der Waals surface area contributed by atoms with E-state index in [-0.39, 0.29) is 6.42 Å². The average molecular weight is 449 g/mol. The molecule has 2 heterocycles. The molecule has 0 aromatic carbocycles. The molecular formula is C21H36O10. The van der Waals surface area contributed by atoms with E-state index in [0.29, 0.717) is 0 Å². The Kier molecular flexibility index (Phi) is 9.58. The van der Waals surface area contributed by atoms with Crippen molar-refractivity contribution in [3.05, 3.63) is 23.3 Å². The van der Waals surface area contributed by atoms with Gasteiger partial charge in [-0.3, -0.25) is 0 Å². The second-order valence-corrected chi connectivity index (χ2v) is 8.48. The van der Waals surface area contributed by atoms with E-state index in [2.05, 4.69) is 6.08 Å². The Morgan fingerprint density at radius 1 is 0.871 bits per heavy atom. The fraction of sp³-hybridized carbons (Fsp3) is 0.810. The molecule has 10 heteroatoms. The van der Waals surface area contributed by atoms with Crippen LogP contribution < -0.4 is 0 Å². The number of ether oxygens (including phenoxy) is 3. The topological polar surface area (TPSA) is 169 Å². The molecule has 0 bridgehead atoms. The summed E-state index contributed by atoms with van der Waals surface area (Å²) in [5.74, 6) is -1.99. The van der Waals surface area contributed by atoms with Gasteiger partial charge in [0.2, 0.25) is 5.79 Å². The molecule has 0 amide bonds. The first-order chi connectivity index (χ1) is 14.6. The lowest BCUT2D eigenvalue weighted by Gasteiger charge is -2.48. The highest BCUT2D eigenvalue weighted by Gasteiger charge is 2.57. The van der Waals surface area contributed by atoms with E-state index in [1.807, 2.05) is 20.8 Å². The van der Waals surface area contributed by atoms with Crippen LogP contribution in [0.15, 0.2) is 23.3 Å². The molecule has 2 unspecified atom stereocenters. The molecule has 2 rings (SSSR count). The summed E-state index contributed by atoms with van der Waals surface area (Å²) in [7, 11) is 0. The van der Waals surface area contributed by atoms with Gasteiger partial charge in [-0.1, -0.05) is 23.3 Å². The molecule has 0 aromatic heterocycles. The molecular weight excluding hydrogens is 412 g/mol. The van der Waals surface area contributed by atoms with Crippen molar-refractivity contribution in [1.29, 1.82) is 0 Å². The normalized spacial score (nSPS) is 41.4. The third-order valence-electron chi connectivity index (χ3n) is 5.68. The quantitative estimate of drug-likeness (QED) is 0.210. The number of aliphatic hydroxyl groups is 7. The van der Waals surface area contributed by atoms with E-state index in [0.717, 1.165) is 18.4 Å². The number of rotatable bonds is 9. The van der Waals surface area contributed by atoms with Crippen molar-refractivity contribution < 1.29 is 50.0 Å². The number of hydrogen-bond donors (Lipinski definition) is 7. The minimum absolute atomic E-state index is 0.0957. The van der Waals surface area contributed by atoms with E-state index < -0.39 is 68.0 Å². The second-order valence-electron chi connectivity index (χ2n) is 8.48. The van der Waals surface area contributed by atoms with Gasteiger partial charge in [-0.2, -0.15) is 0 Å². The molecule has 0 aliphatic carbocycles. The van der Waals surface area contributed by atoms with Crippen molar-refractivity contribution in [2.24, 2.45) is 0 Å². The second kappa shape index (κ2) is 11.3. The SMILES string of the molecule is CC(C)=CCC/C(C)=C/CC1(OC2O[C@H](CO)[C@@H](O)[C@@H]2O)O[C@H](CO)[C@@H](O)[C@H](O)[C@H]1O. The van der Waals surface area contributed by atoms with Crippen molar-refractivity contribution in [3.63, 3.8) is 0 Å². The van der Waals surface area contributed by atoms with E-state index in [9.17, 15) is 35.7 Å². The van der Waals surface area contributed by atoms with Gasteiger partial charge in [0.1, 0.15) is 42.7 Å². The van der Waals surface area contributed by atoms with E-state index >= 15 is 0 Å². The predicted octanol–water partition coefficient (Wildman–Crippen LogP) is -1.31. The first kappa shape index (κ1) is 26.3. The van der Waals surface area contributed by atoms with Crippen LogP contribution in [0.3, 0.4) is 0 Å². The Morgan fingerprint density at radius 2 is 1.48 bits per heavy atom. The van der Waals surface area contributed by atoms with Gasteiger partial charge in [0, 0.05) is 6.42 Å². The van der Waals surface area contributed by atoms with Gasteiger partial charge in [-0.15, -0.1) is 0 Å². The summed E-state index contributed by atoms with van der Waals surface area (Å²) >= 11 is 0. The Bertz CT molecular complexity index is 632. The molecule has 2 aliphatic heterocycles. The van der Waals surface area contributed by atoms with Crippen LogP contribution in [0.5, 0.6) is 0 Å². The van der Waals surface area contributed by atoms with Crippen LogP contribution in [0.2, 0.25) is 0 Å². The fourth-order valence-corrected chi connectivity index (χ4v) is 3.69. The standard InChI is InChI=1S/C21H36O10/c1-11(2)5-4-6-12(3)7-8-21(19(28)17(26)16(25)14(10-23)30-21)31-20-18(27)15(24)13(9-22)29-20/h5,7,13-20,22-28H,4,6,8-10H2,1-3H3/b12-7+/t13-,14-,15-,16-,17+,18+,19-,20?,21?/m1/s1. The lowest BCUT2D eigenvalue weighted by molar-refractivity contribution is -0.398. The summed E-state index contributed by atoms with van der Waals surface area (Å²) in [5.41, 5.74) is 2.13. The molecule has 0 saturated carbocycles. The Balaban J connectivity index is 2.28. The molecule has 2 aliphatic rings. The number of allylic oxidation sites excluding steroid dienone is 3. The zero-order chi connectivity index (χ0) is 23.3. The maximum Gasteiger partial charge on any atom is 0.204 e.